The van der Waals surface area contributed by atoms with Gasteiger partial charge >= 0.3 is 0 Å². The van der Waals surface area contributed by atoms with Gasteiger partial charge in [-0.15, -0.1) is 0 Å². The molecule has 0 aromatic rings. The minimum Gasteiger partial charge on any atom is -0.158 e. The van der Waals surface area contributed by atoms with E-state index in [0.29, 0.717) is 5.41 Å². The Morgan fingerprint density at radius 2 is 1.88 bits per heavy atom. The van der Waals surface area contributed by atoms with Gasteiger partial charge in [-0.25, -0.2) is 0 Å². The van der Waals surface area contributed by atoms with Gasteiger partial charge in [0, 0.05) is 10.6 Å². The summed E-state index contributed by atoms with van der Waals surface area (Å²) in [5.41, 5.74) is 0.642. The molecule has 17 heavy (non-hydrogen) atoms. The van der Waals surface area contributed by atoms with E-state index in [1.807, 2.05) is 0 Å². The summed E-state index contributed by atoms with van der Waals surface area (Å²) in [5, 5.41) is 2.20. The molecule has 2 unspecified atom stereocenters. The minimum atomic E-state index is 0.642. The second-order valence-corrected chi connectivity index (χ2v) is 8.25. The van der Waals surface area contributed by atoms with Crippen molar-refractivity contribution >= 4 is 27.7 Å². The Kier molecular flexibility index (Phi) is 5.73. The van der Waals surface area contributed by atoms with Gasteiger partial charge in [-0.2, -0.15) is 11.8 Å². The van der Waals surface area contributed by atoms with E-state index in [1.54, 1.807) is 0 Å². The highest BCUT2D eigenvalue weighted by Crippen LogP contribution is 2.43. The lowest BCUT2D eigenvalue weighted by Crippen LogP contribution is -2.30. The first-order chi connectivity index (χ1) is 8.24. The lowest BCUT2D eigenvalue weighted by molar-refractivity contribution is 0.259. The summed E-state index contributed by atoms with van der Waals surface area (Å²) in [6.07, 6.45) is 13.2. The zero-order valence-corrected chi connectivity index (χ0v) is 13.6. The molecular weight excluding hydrogens is 292 g/mol. The Hall–Kier alpha value is 0.830. The highest BCUT2D eigenvalue weighted by atomic mass is 79.9. The molecule has 2 saturated carbocycles. The number of hydrogen-bond acceptors (Lipinski definition) is 1. The average Bonchev–Trinajstić information content (AvgIpc) is 2.38. The van der Waals surface area contributed by atoms with Crippen LogP contribution < -0.4 is 0 Å². The summed E-state index contributed by atoms with van der Waals surface area (Å²) in [4.78, 5) is 0. The van der Waals surface area contributed by atoms with Crippen LogP contribution >= 0.6 is 27.7 Å². The van der Waals surface area contributed by atoms with Crippen molar-refractivity contribution in [1.29, 1.82) is 0 Å². The minimum absolute atomic E-state index is 0.642. The van der Waals surface area contributed by atoms with Crippen molar-refractivity contribution in [3.05, 3.63) is 0 Å². The van der Waals surface area contributed by atoms with Crippen LogP contribution in [0.15, 0.2) is 0 Å². The van der Waals surface area contributed by atoms with Crippen LogP contribution in [-0.4, -0.2) is 16.3 Å². The van der Waals surface area contributed by atoms with E-state index in [1.165, 1.54) is 68.9 Å². The fourth-order valence-corrected chi connectivity index (χ4v) is 6.24. The first-order valence-electron chi connectivity index (χ1n) is 7.42. The molecule has 0 spiro atoms. The summed E-state index contributed by atoms with van der Waals surface area (Å²) in [7, 11) is 0. The largest absolute Gasteiger partial charge is 0.158 e. The Balaban J connectivity index is 1.78. The van der Waals surface area contributed by atoms with Crippen molar-refractivity contribution in [3.63, 3.8) is 0 Å². The van der Waals surface area contributed by atoms with E-state index in [4.69, 9.17) is 0 Å². The molecule has 0 aromatic carbocycles. The average molecular weight is 319 g/mol. The van der Waals surface area contributed by atoms with E-state index >= 15 is 0 Å². The second kappa shape index (κ2) is 6.84. The van der Waals surface area contributed by atoms with Gasteiger partial charge < -0.3 is 0 Å². The van der Waals surface area contributed by atoms with Gasteiger partial charge in [0.2, 0.25) is 0 Å². The van der Waals surface area contributed by atoms with E-state index in [9.17, 15) is 0 Å². The summed E-state index contributed by atoms with van der Waals surface area (Å²) in [6.45, 7) is 2.44. The van der Waals surface area contributed by atoms with Crippen molar-refractivity contribution in [3.8, 4) is 0 Å². The number of halogens is 1. The SMILES string of the molecule is CC1CCCC(SCC2(CBr)CCCCC2)C1. The third kappa shape index (κ3) is 4.16. The van der Waals surface area contributed by atoms with Crippen molar-refractivity contribution < 1.29 is 0 Å². The molecule has 2 heteroatoms. The van der Waals surface area contributed by atoms with E-state index in [-0.39, 0.29) is 0 Å². The normalized spacial score (nSPS) is 33.5. The predicted molar refractivity (Wildman–Crippen MR) is 83.2 cm³/mol. The molecule has 0 nitrogen and oxygen atoms in total. The molecule has 0 bridgehead atoms. The Labute approximate surface area is 120 Å². The van der Waals surface area contributed by atoms with Gasteiger partial charge in [0.15, 0.2) is 0 Å². The molecule has 0 aliphatic heterocycles. The molecule has 2 fully saturated rings. The van der Waals surface area contributed by atoms with Crippen LogP contribution in [0.5, 0.6) is 0 Å². The van der Waals surface area contributed by atoms with Crippen molar-refractivity contribution in [2.24, 2.45) is 11.3 Å². The maximum Gasteiger partial charge on any atom is 0.00958 e. The predicted octanol–water partition coefficient (Wildman–Crippen LogP) is 5.64. The number of thioether (sulfide) groups is 1. The fourth-order valence-electron chi connectivity index (χ4n) is 3.44. The lowest BCUT2D eigenvalue weighted by atomic mass is 9.77. The molecule has 0 radical (unpaired) electrons. The van der Waals surface area contributed by atoms with Gasteiger partial charge in [0.1, 0.15) is 0 Å². The zero-order valence-electron chi connectivity index (χ0n) is 11.2. The third-order valence-corrected chi connectivity index (χ3v) is 7.58. The molecular formula is C15H27BrS. The summed E-state index contributed by atoms with van der Waals surface area (Å²) >= 11 is 6.09. The summed E-state index contributed by atoms with van der Waals surface area (Å²) in [6, 6.07) is 0. The monoisotopic (exact) mass is 318 g/mol. The van der Waals surface area contributed by atoms with Crippen LogP contribution in [0.2, 0.25) is 0 Å². The molecule has 0 saturated heterocycles. The smallest absolute Gasteiger partial charge is 0.00958 e. The van der Waals surface area contributed by atoms with Crippen LogP contribution in [0, 0.1) is 11.3 Å². The van der Waals surface area contributed by atoms with Gasteiger partial charge in [0.25, 0.3) is 0 Å². The Morgan fingerprint density at radius 3 is 2.53 bits per heavy atom. The number of hydrogen-bond donors (Lipinski definition) is 0. The van der Waals surface area contributed by atoms with Crippen LogP contribution in [0.3, 0.4) is 0 Å². The van der Waals surface area contributed by atoms with Crippen molar-refractivity contribution in [1.82, 2.24) is 0 Å². The first kappa shape index (κ1) is 14.2. The molecule has 2 rings (SSSR count). The fraction of sp³-hybridized carbons (Fsp3) is 1.00. The molecule has 0 amide bonds. The first-order valence-corrected chi connectivity index (χ1v) is 9.59. The molecule has 2 aliphatic carbocycles. The summed E-state index contributed by atoms with van der Waals surface area (Å²) < 4.78 is 0. The standard InChI is InChI=1S/C15H27BrS/c1-13-6-5-7-14(10-13)17-12-15(11-16)8-3-2-4-9-15/h13-14H,2-12H2,1H3. The molecule has 100 valence electrons. The maximum atomic E-state index is 3.79. The summed E-state index contributed by atoms with van der Waals surface area (Å²) in [5.74, 6) is 2.39. The molecule has 0 aromatic heterocycles. The highest BCUT2D eigenvalue weighted by molar-refractivity contribution is 9.09. The van der Waals surface area contributed by atoms with Gasteiger partial charge in [-0.3, -0.25) is 0 Å². The number of alkyl halides is 1. The van der Waals surface area contributed by atoms with E-state index in [0.717, 1.165) is 11.2 Å². The second-order valence-electron chi connectivity index (χ2n) is 6.40. The van der Waals surface area contributed by atoms with Crippen LogP contribution in [0.25, 0.3) is 0 Å². The van der Waals surface area contributed by atoms with Crippen LogP contribution in [0.4, 0.5) is 0 Å². The van der Waals surface area contributed by atoms with E-state index < -0.39 is 0 Å². The van der Waals surface area contributed by atoms with E-state index in [2.05, 4.69) is 34.6 Å². The number of rotatable bonds is 4. The maximum absolute atomic E-state index is 3.79. The van der Waals surface area contributed by atoms with Crippen molar-refractivity contribution in [2.75, 3.05) is 11.1 Å². The van der Waals surface area contributed by atoms with Gasteiger partial charge in [0.05, 0.1) is 0 Å². The van der Waals surface area contributed by atoms with Crippen molar-refractivity contribution in [2.45, 2.75) is 70.0 Å². The Morgan fingerprint density at radius 1 is 1.12 bits per heavy atom. The lowest BCUT2D eigenvalue weighted by Gasteiger charge is -2.37. The molecule has 2 aliphatic rings. The highest BCUT2D eigenvalue weighted by Gasteiger charge is 2.32. The quantitative estimate of drug-likeness (QED) is 0.604. The van der Waals surface area contributed by atoms with Crippen LogP contribution in [0.1, 0.15) is 64.7 Å². The van der Waals surface area contributed by atoms with Gasteiger partial charge in [-0.1, -0.05) is 55.0 Å². The van der Waals surface area contributed by atoms with Crippen LogP contribution in [-0.2, 0) is 0 Å². The van der Waals surface area contributed by atoms with Gasteiger partial charge in [-0.05, 0) is 42.8 Å². The molecule has 0 heterocycles. The molecule has 2 atom stereocenters. The molecule has 0 N–H and O–H groups in total. The Bertz CT molecular complexity index is 223. The zero-order chi connectivity index (χ0) is 12.1. The topological polar surface area (TPSA) is 0 Å². The third-order valence-electron chi connectivity index (χ3n) is 4.71.